The van der Waals surface area contributed by atoms with E-state index in [0.29, 0.717) is 0 Å². The summed E-state index contributed by atoms with van der Waals surface area (Å²) in [5.74, 6) is -0.465. The Morgan fingerprint density at radius 2 is 2.33 bits per heavy atom. The number of carbonyl (C=O) groups is 1. The highest BCUT2D eigenvalue weighted by atomic mass is 35.5. The van der Waals surface area contributed by atoms with Crippen LogP contribution in [0.4, 0.5) is 0 Å². The zero-order valence-electron chi connectivity index (χ0n) is 5.27. The minimum Gasteiger partial charge on any atom is -0.464 e. The molecule has 0 aliphatic rings. The number of ether oxygens (including phenoxy) is 1. The Balaban J connectivity index is 3.97. The van der Waals surface area contributed by atoms with Crippen molar-refractivity contribution >= 4 is 17.7 Å². The molecule has 4 heteroatoms. The molecule has 52 valence electrons. The summed E-state index contributed by atoms with van der Waals surface area (Å²) in [5.41, 5.74) is 0.249. The molecule has 1 N–H and O–H groups in total. The predicted octanol–water partition coefficient (Wildman–Crippen LogP) is 0.807. The van der Waals surface area contributed by atoms with Crippen molar-refractivity contribution in [2.75, 3.05) is 7.11 Å². The van der Waals surface area contributed by atoms with Gasteiger partial charge in [0.15, 0.2) is 0 Å². The minimum absolute atomic E-state index is 0.249. The summed E-state index contributed by atoms with van der Waals surface area (Å²) in [6.07, 6.45) is 1.53. The summed E-state index contributed by atoms with van der Waals surface area (Å²) in [5, 5.41) is 0. The smallest absolute Gasteiger partial charge is 0.354 e. The van der Waals surface area contributed by atoms with E-state index in [2.05, 4.69) is 9.57 Å². The first-order chi connectivity index (χ1) is 4.26. The summed E-state index contributed by atoms with van der Waals surface area (Å²) in [6, 6.07) is 0. The maximum atomic E-state index is 10.5. The summed E-state index contributed by atoms with van der Waals surface area (Å²) in [6.45, 7) is 1.68. The summed E-state index contributed by atoms with van der Waals surface area (Å²) < 4.78 is 4.34. The molecule has 0 aromatic rings. The maximum absolute atomic E-state index is 10.5. The van der Waals surface area contributed by atoms with Crippen molar-refractivity contribution in [2.24, 2.45) is 0 Å². The van der Waals surface area contributed by atoms with Gasteiger partial charge in [0.05, 0.1) is 7.11 Å². The predicted molar refractivity (Wildman–Crippen MR) is 34.8 cm³/mol. The lowest BCUT2D eigenvalue weighted by atomic mass is 10.4. The second kappa shape index (κ2) is 4.21. The van der Waals surface area contributed by atoms with E-state index in [1.54, 1.807) is 6.92 Å². The van der Waals surface area contributed by atoms with E-state index in [0.717, 1.165) is 0 Å². The van der Waals surface area contributed by atoms with Crippen LogP contribution in [0.25, 0.3) is 0 Å². The van der Waals surface area contributed by atoms with E-state index >= 15 is 0 Å². The van der Waals surface area contributed by atoms with E-state index < -0.39 is 5.97 Å². The quantitative estimate of drug-likeness (QED) is 0.359. The fraction of sp³-hybridized carbons (Fsp3) is 0.400. The van der Waals surface area contributed by atoms with Crippen LogP contribution in [0.5, 0.6) is 0 Å². The zero-order valence-corrected chi connectivity index (χ0v) is 6.03. The number of hydrogen-bond donors (Lipinski definition) is 1. The largest absolute Gasteiger partial charge is 0.464 e. The van der Waals surface area contributed by atoms with Gasteiger partial charge >= 0.3 is 5.97 Å². The van der Waals surface area contributed by atoms with Gasteiger partial charge in [-0.3, -0.25) is 4.84 Å². The monoisotopic (exact) mass is 149 g/mol. The van der Waals surface area contributed by atoms with Gasteiger partial charge in [0, 0.05) is 11.8 Å². The Labute approximate surface area is 58.7 Å². The van der Waals surface area contributed by atoms with Gasteiger partial charge in [-0.2, -0.15) is 0 Å². The maximum Gasteiger partial charge on any atom is 0.354 e. The molecule has 0 saturated carbocycles. The molecule has 3 nitrogen and oxygen atoms in total. The Kier molecular flexibility index (Phi) is 3.88. The van der Waals surface area contributed by atoms with Crippen LogP contribution in [0.2, 0.25) is 0 Å². The van der Waals surface area contributed by atoms with Crippen molar-refractivity contribution in [3.8, 4) is 0 Å². The summed E-state index contributed by atoms with van der Waals surface area (Å²) in [7, 11) is 1.29. The van der Waals surface area contributed by atoms with Crippen LogP contribution in [-0.2, 0) is 9.53 Å². The van der Waals surface area contributed by atoms with E-state index in [1.165, 1.54) is 13.2 Å². The molecule has 0 spiro atoms. The number of methoxy groups -OCH3 is 1. The first kappa shape index (κ1) is 8.30. The second-order valence-electron chi connectivity index (χ2n) is 1.29. The molecule has 9 heavy (non-hydrogen) atoms. The van der Waals surface area contributed by atoms with Crippen LogP contribution in [0.15, 0.2) is 11.8 Å². The standard InChI is InChI=1S/C5H8ClNO2/c1-3-4(7-6)5(8)9-2/h3,7H,1-2H3. The molecule has 0 rings (SSSR count). The van der Waals surface area contributed by atoms with Crippen LogP contribution in [0.3, 0.4) is 0 Å². The van der Waals surface area contributed by atoms with Crippen LogP contribution >= 0.6 is 11.8 Å². The van der Waals surface area contributed by atoms with Gasteiger partial charge in [-0.15, -0.1) is 0 Å². The number of carbonyl (C=O) groups excluding carboxylic acids is 1. The van der Waals surface area contributed by atoms with Gasteiger partial charge in [0.2, 0.25) is 0 Å². The molecule has 0 radical (unpaired) electrons. The zero-order chi connectivity index (χ0) is 7.28. The SMILES string of the molecule is CC=C(NCl)C(=O)OC. The van der Waals surface area contributed by atoms with Crippen molar-refractivity contribution in [2.45, 2.75) is 6.92 Å². The van der Waals surface area contributed by atoms with Crippen LogP contribution in [-0.4, -0.2) is 13.1 Å². The Morgan fingerprint density at radius 1 is 1.78 bits per heavy atom. The molecule has 0 fully saturated rings. The Hall–Kier alpha value is -0.700. The normalized spacial score (nSPS) is 10.8. The molecule has 0 heterocycles. The van der Waals surface area contributed by atoms with Crippen molar-refractivity contribution in [1.82, 2.24) is 4.84 Å². The number of halogens is 1. The van der Waals surface area contributed by atoms with E-state index in [9.17, 15) is 4.79 Å². The summed E-state index contributed by atoms with van der Waals surface area (Å²) >= 11 is 5.12. The molecular formula is C5H8ClNO2. The first-order valence-electron chi connectivity index (χ1n) is 2.37. The fourth-order valence-corrected chi connectivity index (χ4v) is 0.507. The minimum atomic E-state index is -0.465. The molecule has 0 aliphatic heterocycles. The first-order valence-corrected chi connectivity index (χ1v) is 2.75. The third kappa shape index (κ3) is 2.37. The number of hydrogen-bond acceptors (Lipinski definition) is 3. The molecule has 0 aromatic heterocycles. The van der Waals surface area contributed by atoms with E-state index in [-0.39, 0.29) is 5.70 Å². The average Bonchev–Trinajstić information content (AvgIpc) is 1.90. The highest BCUT2D eigenvalue weighted by Gasteiger charge is 2.04. The molecule has 0 atom stereocenters. The number of allylic oxidation sites excluding steroid dienone is 1. The third-order valence-electron chi connectivity index (χ3n) is 0.796. The molecule has 0 saturated heterocycles. The third-order valence-corrected chi connectivity index (χ3v) is 0.999. The van der Waals surface area contributed by atoms with E-state index in [4.69, 9.17) is 11.8 Å². The van der Waals surface area contributed by atoms with Gasteiger partial charge in [-0.05, 0) is 6.92 Å². The number of rotatable bonds is 2. The molecule has 0 aliphatic carbocycles. The van der Waals surface area contributed by atoms with Gasteiger partial charge in [-0.25, -0.2) is 4.79 Å². The van der Waals surface area contributed by atoms with Crippen molar-refractivity contribution in [1.29, 1.82) is 0 Å². The highest BCUT2D eigenvalue weighted by Crippen LogP contribution is 1.91. The topological polar surface area (TPSA) is 38.3 Å². The lowest BCUT2D eigenvalue weighted by Crippen LogP contribution is -2.12. The van der Waals surface area contributed by atoms with Crippen LogP contribution < -0.4 is 4.84 Å². The molecule has 0 unspecified atom stereocenters. The second-order valence-corrected chi connectivity index (χ2v) is 1.48. The Bertz CT molecular complexity index is 133. The number of nitrogens with one attached hydrogen (secondary N) is 1. The summed E-state index contributed by atoms with van der Waals surface area (Å²) in [4.78, 5) is 12.7. The van der Waals surface area contributed by atoms with Crippen molar-refractivity contribution in [3.63, 3.8) is 0 Å². The molecule has 0 amide bonds. The Morgan fingerprint density at radius 3 is 2.44 bits per heavy atom. The highest BCUT2D eigenvalue weighted by molar-refractivity contribution is 6.17. The van der Waals surface area contributed by atoms with Crippen molar-refractivity contribution < 1.29 is 9.53 Å². The number of esters is 1. The van der Waals surface area contributed by atoms with Crippen LogP contribution in [0.1, 0.15) is 6.92 Å². The lowest BCUT2D eigenvalue weighted by Gasteiger charge is -1.98. The molecule has 0 aromatic carbocycles. The van der Waals surface area contributed by atoms with Gasteiger partial charge in [0.25, 0.3) is 0 Å². The lowest BCUT2D eigenvalue weighted by molar-refractivity contribution is -0.136. The van der Waals surface area contributed by atoms with Gasteiger partial charge in [0.1, 0.15) is 5.70 Å². The fourth-order valence-electron chi connectivity index (χ4n) is 0.321. The van der Waals surface area contributed by atoms with Crippen LogP contribution in [0, 0.1) is 0 Å². The van der Waals surface area contributed by atoms with Crippen molar-refractivity contribution in [3.05, 3.63) is 11.8 Å². The average molecular weight is 150 g/mol. The van der Waals surface area contributed by atoms with E-state index in [1.807, 2.05) is 0 Å². The molecular weight excluding hydrogens is 142 g/mol. The van der Waals surface area contributed by atoms with Gasteiger partial charge in [-0.1, -0.05) is 6.08 Å². The molecule has 0 bridgehead atoms. The van der Waals surface area contributed by atoms with Gasteiger partial charge < -0.3 is 4.74 Å².